The van der Waals surface area contributed by atoms with Gasteiger partial charge in [0, 0.05) is 17.9 Å². The van der Waals surface area contributed by atoms with Gasteiger partial charge in [-0.2, -0.15) is 10.5 Å². The number of ketones is 1. The van der Waals surface area contributed by atoms with Crippen molar-refractivity contribution in [1.82, 2.24) is 0 Å². The van der Waals surface area contributed by atoms with Crippen LogP contribution in [0.15, 0.2) is 72.8 Å². The molecule has 0 saturated heterocycles. The third kappa shape index (κ3) is 3.89. The molecule has 0 aliphatic heterocycles. The summed E-state index contributed by atoms with van der Waals surface area (Å²) < 4.78 is 0. The van der Waals surface area contributed by atoms with Crippen LogP contribution < -0.4 is 0 Å². The van der Waals surface area contributed by atoms with Crippen LogP contribution in [0.25, 0.3) is 10.8 Å². The van der Waals surface area contributed by atoms with Gasteiger partial charge in [0.2, 0.25) is 0 Å². The van der Waals surface area contributed by atoms with E-state index < -0.39 is 11.3 Å². The van der Waals surface area contributed by atoms with Gasteiger partial charge in [0.1, 0.15) is 5.41 Å². The number of hydrogen-bond donors (Lipinski definition) is 0. The van der Waals surface area contributed by atoms with Crippen molar-refractivity contribution in [3.63, 3.8) is 0 Å². The predicted molar refractivity (Wildman–Crippen MR) is 106 cm³/mol. The average Bonchev–Trinajstić information content (AvgIpc) is 2.73. The van der Waals surface area contributed by atoms with Crippen LogP contribution in [-0.4, -0.2) is 5.78 Å². The van der Waals surface area contributed by atoms with E-state index in [0.29, 0.717) is 12.0 Å². The molecule has 0 spiro atoms. The van der Waals surface area contributed by atoms with Crippen LogP contribution in [0.5, 0.6) is 0 Å². The van der Waals surface area contributed by atoms with Crippen LogP contribution in [0.1, 0.15) is 29.3 Å². The molecule has 0 fully saturated rings. The molecule has 0 unspecified atom stereocenters. The minimum Gasteiger partial charge on any atom is -0.294 e. The molecule has 3 rings (SSSR count). The standard InChI is InChI=1S/C24H20N2O/c1-18(23(27)20-9-3-2-4-10-20)14-24(16-25,17-26)15-21-12-7-11-19-8-5-6-13-22(19)21/h2-13,18H,14-15H2,1H3/t18-/m0/s1. The van der Waals surface area contributed by atoms with Gasteiger partial charge in [0.25, 0.3) is 0 Å². The molecule has 0 aliphatic rings. The lowest BCUT2D eigenvalue weighted by molar-refractivity contribution is 0.0909. The van der Waals surface area contributed by atoms with Gasteiger partial charge < -0.3 is 0 Å². The summed E-state index contributed by atoms with van der Waals surface area (Å²) >= 11 is 0. The first kappa shape index (κ1) is 18.4. The monoisotopic (exact) mass is 352 g/mol. The van der Waals surface area contributed by atoms with Gasteiger partial charge in [0.15, 0.2) is 5.78 Å². The van der Waals surface area contributed by atoms with Crippen LogP contribution in [0.2, 0.25) is 0 Å². The zero-order valence-electron chi connectivity index (χ0n) is 15.2. The summed E-state index contributed by atoms with van der Waals surface area (Å²) in [7, 11) is 0. The van der Waals surface area contributed by atoms with E-state index in [9.17, 15) is 15.3 Å². The number of nitrogens with zero attached hydrogens (tertiary/aromatic N) is 2. The Hall–Kier alpha value is -3.43. The normalized spacial score (nSPS) is 12.1. The summed E-state index contributed by atoms with van der Waals surface area (Å²) in [6, 6.07) is 27.3. The molecule has 3 aromatic rings. The van der Waals surface area contributed by atoms with Gasteiger partial charge in [-0.15, -0.1) is 0 Å². The summed E-state index contributed by atoms with van der Waals surface area (Å²) in [6.45, 7) is 1.79. The molecular weight excluding hydrogens is 332 g/mol. The molecule has 0 aromatic heterocycles. The van der Waals surface area contributed by atoms with Gasteiger partial charge in [-0.05, 0) is 22.8 Å². The highest BCUT2D eigenvalue weighted by Gasteiger charge is 2.35. The van der Waals surface area contributed by atoms with E-state index in [0.717, 1.165) is 16.3 Å². The van der Waals surface area contributed by atoms with E-state index in [1.807, 2.05) is 60.7 Å². The number of carbonyl (C=O) groups excluding carboxylic acids is 1. The van der Waals surface area contributed by atoms with Crippen molar-refractivity contribution in [3.05, 3.63) is 83.9 Å². The fourth-order valence-electron chi connectivity index (χ4n) is 3.54. The van der Waals surface area contributed by atoms with Crippen molar-refractivity contribution in [2.75, 3.05) is 0 Å². The maximum absolute atomic E-state index is 12.7. The molecule has 0 heterocycles. The Morgan fingerprint density at radius 2 is 1.56 bits per heavy atom. The second-order valence-electron chi connectivity index (χ2n) is 6.96. The molecule has 0 saturated carbocycles. The smallest absolute Gasteiger partial charge is 0.165 e. The number of carbonyl (C=O) groups is 1. The summed E-state index contributed by atoms with van der Waals surface area (Å²) in [5, 5.41) is 21.8. The quantitative estimate of drug-likeness (QED) is 0.564. The van der Waals surface area contributed by atoms with Crippen molar-refractivity contribution >= 4 is 16.6 Å². The topological polar surface area (TPSA) is 64.7 Å². The molecule has 1 atom stereocenters. The Kier molecular flexibility index (Phi) is 5.34. The van der Waals surface area contributed by atoms with Crippen LogP contribution in [0.3, 0.4) is 0 Å². The Morgan fingerprint density at radius 3 is 2.26 bits per heavy atom. The highest BCUT2D eigenvalue weighted by molar-refractivity contribution is 5.97. The van der Waals surface area contributed by atoms with E-state index in [1.54, 1.807) is 19.1 Å². The molecule has 3 aromatic carbocycles. The van der Waals surface area contributed by atoms with E-state index in [2.05, 4.69) is 12.1 Å². The third-order valence-corrected chi connectivity index (χ3v) is 4.96. The fourth-order valence-corrected chi connectivity index (χ4v) is 3.54. The van der Waals surface area contributed by atoms with Crippen LogP contribution in [-0.2, 0) is 6.42 Å². The molecule has 0 aliphatic carbocycles. The third-order valence-electron chi connectivity index (χ3n) is 4.96. The van der Waals surface area contributed by atoms with E-state index in [-0.39, 0.29) is 12.2 Å². The second-order valence-corrected chi connectivity index (χ2v) is 6.96. The fraction of sp³-hybridized carbons (Fsp3) is 0.208. The van der Waals surface area contributed by atoms with Gasteiger partial charge >= 0.3 is 0 Å². The number of Topliss-reactive ketones (excluding diaryl/α,β-unsaturated/α-hetero) is 1. The highest BCUT2D eigenvalue weighted by Crippen LogP contribution is 2.33. The summed E-state index contributed by atoms with van der Waals surface area (Å²) in [6.07, 6.45) is 0.505. The van der Waals surface area contributed by atoms with Crippen molar-refractivity contribution in [1.29, 1.82) is 10.5 Å². The number of fused-ring (bicyclic) bond motifs is 1. The number of rotatable bonds is 6. The van der Waals surface area contributed by atoms with Gasteiger partial charge in [-0.25, -0.2) is 0 Å². The Balaban J connectivity index is 1.89. The average molecular weight is 352 g/mol. The van der Waals surface area contributed by atoms with Crippen LogP contribution in [0.4, 0.5) is 0 Å². The predicted octanol–water partition coefficient (Wildman–Crippen LogP) is 5.32. The molecule has 27 heavy (non-hydrogen) atoms. The van der Waals surface area contributed by atoms with E-state index in [1.165, 1.54) is 0 Å². The summed E-state index contributed by atoms with van der Waals surface area (Å²) in [4.78, 5) is 12.7. The van der Waals surface area contributed by atoms with Crippen LogP contribution >= 0.6 is 0 Å². The van der Waals surface area contributed by atoms with Gasteiger partial charge in [0.05, 0.1) is 12.1 Å². The summed E-state index contributed by atoms with van der Waals surface area (Å²) in [5.74, 6) is -0.454. The van der Waals surface area contributed by atoms with E-state index in [4.69, 9.17) is 0 Å². The van der Waals surface area contributed by atoms with Crippen molar-refractivity contribution < 1.29 is 4.79 Å². The number of hydrogen-bond acceptors (Lipinski definition) is 3. The lowest BCUT2D eigenvalue weighted by Crippen LogP contribution is -2.26. The molecule has 0 radical (unpaired) electrons. The molecule has 132 valence electrons. The second kappa shape index (κ2) is 7.85. The summed E-state index contributed by atoms with van der Waals surface area (Å²) in [5.41, 5.74) is 0.323. The lowest BCUT2D eigenvalue weighted by atomic mass is 9.75. The molecule has 3 heteroatoms. The zero-order valence-corrected chi connectivity index (χ0v) is 15.2. The van der Waals surface area contributed by atoms with Crippen LogP contribution in [0, 0.1) is 34.0 Å². The minimum atomic E-state index is -1.24. The first-order valence-electron chi connectivity index (χ1n) is 8.97. The Labute approximate surface area is 159 Å². The SMILES string of the molecule is C[C@@H](CC(C#N)(C#N)Cc1cccc2ccccc12)C(=O)c1ccccc1. The van der Waals surface area contributed by atoms with Crippen molar-refractivity contribution in [2.24, 2.45) is 11.3 Å². The van der Waals surface area contributed by atoms with Gasteiger partial charge in [-0.3, -0.25) is 4.79 Å². The molecule has 0 amide bonds. The molecule has 3 nitrogen and oxygen atoms in total. The molecule has 0 bridgehead atoms. The van der Waals surface area contributed by atoms with Crippen molar-refractivity contribution in [2.45, 2.75) is 19.8 Å². The highest BCUT2D eigenvalue weighted by atomic mass is 16.1. The van der Waals surface area contributed by atoms with E-state index >= 15 is 0 Å². The largest absolute Gasteiger partial charge is 0.294 e. The number of nitriles is 2. The number of benzene rings is 3. The Morgan fingerprint density at radius 1 is 0.926 bits per heavy atom. The molecular formula is C24H20N2O. The maximum Gasteiger partial charge on any atom is 0.165 e. The lowest BCUT2D eigenvalue weighted by Gasteiger charge is -2.23. The van der Waals surface area contributed by atoms with Gasteiger partial charge in [-0.1, -0.05) is 79.7 Å². The Bertz CT molecular complexity index is 1020. The molecule has 0 N–H and O–H groups in total. The first-order valence-corrected chi connectivity index (χ1v) is 8.97. The zero-order chi connectivity index (χ0) is 19.3. The maximum atomic E-state index is 12.7. The minimum absolute atomic E-state index is 0.0385. The van der Waals surface area contributed by atoms with Crippen molar-refractivity contribution in [3.8, 4) is 12.1 Å². The first-order chi connectivity index (χ1) is 13.1.